The van der Waals surface area contributed by atoms with Gasteiger partial charge < -0.3 is 5.73 Å². The number of anilines is 2. The highest BCUT2D eigenvalue weighted by molar-refractivity contribution is 7.93. The minimum absolute atomic E-state index is 0.0117. The molecule has 0 bridgehead atoms. The third kappa shape index (κ3) is 3.52. The Bertz CT molecular complexity index is 789. The van der Waals surface area contributed by atoms with Crippen molar-refractivity contribution in [1.29, 1.82) is 0 Å². The summed E-state index contributed by atoms with van der Waals surface area (Å²) in [6, 6.07) is 5.98. The molecule has 2 rings (SSSR count). The summed E-state index contributed by atoms with van der Waals surface area (Å²) >= 11 is 17.1. The molecule has 2 aromatic rings. The highest BCUT2D eigenvalue weighted by Crippen LogP contribution is 2.32. The van der Waals surface area contributed by atoms with Gasteiger partial charge in [0.2, 0.25) is 0 Å². The van der Waals surface area contributed by atoms with E-state index in [-0.39, 0.29) is 31.3 Å². The van der Waals surface area contributed by atoms with E-state index in [2.05, 4.69) is 4.72 Å². The fraction of sp³-hybridized carbons (Fsp3) is 0. The Hall–Kier alpha value is -1.21. The molecule has 0 heterocycles. The van der Waals surface area contributed by atoms with Crippen molar-refractivity contribution in [3.8, 4) is 0 Å². The van der Waals surface area contributed by atoms with Crippen molar-refractivity contribution in [3.05, 3.63) is 51.2 Å². The van der Waals surface area contributed by atoms with E-state index in [9.17, 15) is 12.8 Å². The van der Waals surface area contributed by atoms with Gasteiger partial charge in [-0.05, 0) is 30.3 Å². The number of nitrogens with one attached hydrogen (secondary N) is 1. The molecule has 0 unspecified atom stereocenters. The highest BCUT2D eigenvalue weighted by atomic mass is 35.5. The normalized spacial score (nSPS) is 11.4. The Labute approximate surface area is 135 Å². The lowest BCUT2D eigenvalue weighted by Gasteiger charge is -2.12. The Morgan fingerprint density at radius 3 is 2.29 bits per heavy atom. The van der Waals surface area contributed by atoms with Crippen molar-refractivity contribution >= 4 is 56.2 Å². The van der Waals surface area contributed by atoms with Crippen LogP contribution in [-0.4, -0.2) is 8.42 Å². The van der Waals surface area contributed by atoms with Crippen LogP contribution in [0.5, 0.6) is 0 Å². The second kappa shape index (κ2) is 5.88. The zero-order chi connectivity index (χ0) is 15.8. The van der Waals surface area contributed by atoms with Gasteiger partial charge in [0.05, 0.1) is 21.4 Å². The van der Waals surface area contributed by atoms with Crippen LogP contribution < -0.4 is 10.5 Å². The SMILES string of the molecule is Nc1cc(Cl)cc(Cl)c1S(=O)(=O)Nc1ccc(Cl)c(F)c1. The van der Waals surface area contributed by atoms with Crippen LogP contribution in [0, 0.1) is 5.82 Å². The average Bonchev–Trinajstić information content (AvgIpc) is 2.31. The summed E-state index contributed by atoms with van der Waals surface area (Å²) < 4.78 is 40.1. The molecule has 112 valence electrons. The molecule has 9 heteroatoms. The van der Waals surface area contributed by atoms with E-state index in [4.69, 9.17) is 40.5 Å². The first-order valence-corrected chi connectivity index (χ1v) is 8.05. The lowest BCUT2D eigenvalue weighted by Crippen LogP contribution is -2.15. The van der Waals surface area contributed by atoms with E-state index in [1.807, 2.05) is 0 Å². The minimum atomic E-state index is -4.10. The van der Waals surface area contributed by atoms with Crippen LogP contribution in [0.3, 0.4) is 0 Å². The zero-order valence-corrected chi connectivity index (χ0v) is 13.3. The maximum absolute atomic E-state index is 13.3. The highest BCUT2D eigenvalue weighted by Gasteiger charge is 2.22. The lowest BCUT2D eigenvalue weighted by molar-refractivity contribution is 0.601. The number of rotatable bonds is 3. The summed E-state index contributed by atoms with van der Waals surface area (Å²) in [7, 11) is -4.10. The second-order valence-electron chi connectivity index (χ2n) is 4.04. The van der Waals surface area contributed by atoms with Crippen LogP contribution in [0.15, 0.2) is 35.2 Å². The van der Waals surface area contributed by atoms with Gasteiger partial charge in [0.15, 0.2) is 0 Å². The predicted molar refractivity (Wildman–Crippen MR) is 83.1 cm³/mol. The van der Waals surface area contributed by atoms with Gasteiger partial charge in [0.25, 0.3) is 10.0 Å². The van der Waals surface area contributed by atoms with Gasteiger partial charge in [-0.15, -0.1) is 0 Å². The van der Waals surface area contributed by atoms with E-state index in [0.29, 0.717) is 0 Å². The van der Waals surface area contributed by atoms with Crippen LogP contribution in [0.1, 0.15) is 0 Å². The van der Waals surface area contributed by atoms with Crippen LogP contribution in [0.4, 0.5) is 15.8 Å². The molecule has 0 saturated heterocycles. The van der Waals surface area contributed by atoms with E-state index >= 15 is 0 Å². The quantitative estimate of drug-likeness (QED) is 0.798. The molecule has 0 aliphatic carbocycles. The van der Waals surface area contributed by atoms with E-state index in [0.717, 1.165) is 6.07 Å². The molecule has 0 aromatic heterocycles. The van der Waals surface area contributed by atoms with Crippen molar-refractivity contribution < 1.29 is 12.8 Å². The number of hydrogen-bond donors (Lipinski definition) is 2. The summed E-state index contributed by atoms with van der Waals surface area (Å²) in [5.74, 6) is -0.757. The van der Waals surface area contributed by atoms with Gasteiger partial charge in [-0.1, -0.05) is 34.8 Å². The molecule has 0 atom stereocenters. The smallest absolute Gasteiger partial charge is 0.265 e. The van der Waals surface area contributed by atoms with E-state index < -0.39 is 15.8 Å². The van der Waals surface area contributed by atoms with Crippen molar-refractivity contribution in [2.75, 3.05) is 10.5 Å². The first-order chi connectivity index (χ1) is 9.70. The molecular formula is C12H8Cl3FN2O2S. The van der Waals surface area contributed by atoms with Gasteiger partial charge in [-0.25, -0.2) is 12.8 Å². The summed E-state index contributed by atoms with van der Waals surface area (Å²) in [6.45, 7) is 0. The van der Waals surface area contributed by atoms with Crippen molar-refractivity contribution in [2.24, 2.45) is 0 Å². The van der Waals surface area contributed by atoms with Gasteiger partial charge in [0, 0.05) is 5.02 Å². The second-order valence-corrected chi connectivity index (χ2v) is 6.91. The Balaban J connectivity index is 2.46. The monoisotopic (exact) mass is 368 g/mol. The summed E-state index contributed by atoms with van der Waals surface area (Å²) in [5.41, 5.74) is 5.50. The predicted octanol–water partition coefficient (Wildman–Crippen LogP) is 4.17. The third-order valence-corrected chi connectivity index (χ3v) is 4.91. The number of hydrogen-bond acceptors (Lipinski definition) is 3. The van der Waals surface area contributed by atoms with Gasteiger partial charge in [-0.3, -0.25) is 4.72 Å². The molecule has 0 saturated carbocycles. The Morgan fingerprint density at radius 2 is 1.71 bits per heavy atom. The van der Waals surface area contributed by atoms with Crippen LogP contribution in [0.2, 0.25) is 15.1 Å². The Morgan fingerprint density at radius 1 is 1.05 bits per heavy atom. The van der Waals surface area contributed by atoms with E-state index in [1.165, 1.54) is 24.3 Å². The number of halogens is 4. The van der Waals surface area contributed by atoms with Gasteiger partial charge in [-0.2, -0.15) is 0 Å². The van der Waals surface area contributed by atoms with Crippen LogP contribution in [0.25, 0.3) is 0 Å². The number of benzene rings is 2. The van der Waals surface area contributed by atoms with Crippen LogP contribution >= 0.6 is 34.8 Å². The molecule has 0 radical (unpaired) electrons. The summed E-state index contributed by atoms with van der Waals surface area (Å²) in [4.78, 5) is -0.330. The first-order valence-electron chi connectivity index (χ1n) is 5.43. The molecule has 21 heavy (non-hydrogen) atoms. The summed E-state index contributed by atoms with van der Waals surface area (Å²) in [5, 5.41) is -0.0575. The van der Waals surface area contributed by atoms with Crippen molar-refractivity contribution in [2.45, 2.75) is 4.90 Å². The molecule has 0 aliphatic heterocycles. The number of nitrogens with two attached hydrogens (primary N) is 1. The Kier molecular flexibility index (Phi) is 4.53. The lowest BCUT2D eigenvalue weighted by atomic mass is 10.3. The maximum atomic E-state index is 13.3. The van der Waals surface area contributed by atoms with Crippen molar-refractivity contribution in [1.82, 2.24) is 0 Å². The average molecular weight is 370 g/mol. The first kappa shape index (κ1) is 16.2. The molecular weight excluding hydrogens is 362 g/mol. The molecule has 0 aliphatic rings. The fourth-order valence-corrected chi connectivity index (χ4v) is 3.79. The standard InChI is InChI=1S/C12H8Cl3FN2O2S/c13-6-3-9(15)12(11(17)4-6)21(19,20)18-7-1-2-8(14)10(16)5-7/h1-5,18H,17H2. The largest absolute Gasteiger partial charge is 0.398 e. The van der Waals surface area contributed by atoms with E-state index in [1.54, 1.807) is 0 Å². The van der Waals surface area contributed by atoms with Gasteiger partial charge in [0.1, 0.15) is 10.7 Å². The van der Waals surface area contributed by atoms with Gasteiger partial charge >= 0.3 is 0 Å². The van der Waals surface area contributed by atoms with Crippen molar-refractivity contribution in [3.63, 3.8) is 0 Å². The number of sulfonamides is 1. The topological polar surface area (TPSA) is 72.2 Å². The molecule has 2 aromatic carbocycles. The molecule has 0 spiro atoms. The molecule has 3 N–H and O–H groups in total. The fourth-order valence-electron chi connectivity index (χ4n) is 1.63. The van der Waals surface area contributed by atoms with Crippen LogP contribution in [-0.2, 0) is 10.0 Å². The third-order valence-electron chi connectivity index (χ3n) is 2.48. The molecule has 4 nitrogen and oxygen atoms in total. The number of nitrogen functional groups attached to an aromatic ring is 1. The summed E-state index contributed by atoms with van der Waals surface area (Å²) in [6.07, 6.45) is 0. The molecule has 0 fully saturated rings. The zero-order valence-electron chi connectivity index (χ0n) is 10.2. The minimum Gasteiger partial charge on any atom is -0.398 e. The maximum Gasteiger partial charge on any atom is 0.265 e. The molecule has 0 amide bonds.